The molecule has 0 saturated carbocycles. The maximum Gasteiger partial charge on any atom is 0.416 e. The summed E-state index contributed by atoms with van der Waals surface area (Å²) < 4.78 is 78.0. The largest absolute Gasteiger partial charge is 0.416 e. The third-order valence-corrected chi connectivity index (χ3v) is 5.10. The molecule has 1 heterocycles. The summed E-state index contributed by atoms with van der Waals surface area (Å²) in [5.41, 5.74) is -0.0878. The highest BCUT2D eigenvalue weighted by molar-refractivity contribution is 7.98. The molecule has 0 radical (unpaired) electrons. The number of rotatable bonds is 6. The highest BCUT2D eigenvalue weighted by Crippen LogP contribution is 2.39. The Morgan fingerprint density at radius 3 is 2.23 bits per heavy atom. The molecule has 0 amide bonds. The van der Waals surface area contributed by atoms with Crippen LogP contribution in [0.5, 0.6) is 0 Å². The number of alkyl halides is 6. The molecule has 0 aliphatic heterocycles. The lowest BCUT2D eigenvalue weighted by Crippen LogP contribution is -2.10. The normalized spacial score (nSPS) is 12.2. The number of aliphatic imine (C=N–C) groups is 1. The van der Waals surface area contributed by atoms with Gasteiger partial charge in [0.1, 0.15) is 5.69 Å². The van der Waals surface area contributed by atoms with E-state index in [-0.39, 0.29) is 23.3 Å². The molecule has 4 nitrogen and oxygen atoms in total. The second-order valence-electron chi connectivity index (χ2n) is 6.25. The van der Waals surface area contributed by atoms with Crippen molar-refractivity contribution in [3.63, 3.8) is 0 Å². The molecule has 30 heavy (non-hydrogen) atoms. The fourth-order valence-corrected chi connectivity index (χ4v) is 3.62. The van der Waals surface area contributed by atoms with Crippen LogP contribution < -0.4 is 0 Å². The van der Waals surface area contributed by atoms with Crippen molar-refractivity contribution in [2.45, 2.75) is 29.5 Å². The molecule has 3 rings (SSSR count). The fourth-order valence-electron chi connectivity index (χ4n) is 2.69. The molecule has 1 N–H and O–H groups in total. The SMILES string of the molecule is C=NCc1[nH]nnc1-c1cccc(CSc2cc(C(F)(F)F)cc(C(F)(F)F)c2)c1. The zero-order chi connectivity index (χ0) is 21.9. The van der Waals surface area contributed by atoms with Crippen LogP contribution in [0, 0.1) is 0 Å². The lowest BCUT2D eigenvalue weighted by Gasteiger charge is -2.14. The Kier molecular flexibility index (Phi) is 6.20. The van der Waals surface area contributed by atoms with Crippen molar-refractivity contribution in [3.05, 3.63) is 64.8 Å². The molecule has 0 fully saturated rings. The average molecular weight is 444 g/mol. The van der Waals surface area contributed by atoms with E-state index < -0.39 is 23.5 Å². The molecule has 0 aliphatic carbocycles. The molecule has 0 saturated heterocycles. The summed E-state index contributed by atoms with van der Waals surface area (Å²) in [6, 6.07) is 8.51. The highest BCUT2D eigenvalue weighted by Gasteiger charge is 2.36. The summed E-state index contributed by atoms with van der Waals surface area (Å²) in [6.07, 6.45) is -9.75. The number of nitrogens with zero attached hydrogens (tertiary/aromatic N) is 3. The van der Waals surface area contributed by atoms with Gasteiger partial charge in [-0.05, 0) is 36.5 Å². The molecule has 0 unspecified atom stereocenters. The van der Waals surface area contributed by atoms with Gasteiger partial charge in [-0.15, -0.1) is 16.9 Å². The van der Waals surface area contributed by atoms with Crippen LogP contribution in [0.25, 0.3) is 11.3 Å². The highest BCUT2D eigenvalue weighted by atomic mass is 32.2. The first-order valence-corrected chi connectivity index (χ1v) is 9.40. The number of halogens is 6. The van der Waals surface area contributed by atoms with Crippen molar-refractivity contribution in [3.8, 4) is 11.3 Å². The topological polar surface area (TPSA) is 53.9 Å². The molecule has 0 aliphatic rings. The minimum Gasteiger partial charge on any atom is -0.294 e. The van der Waals surface area contributed by atoms with E-state index in [1.54, 1.807) is 24.3 Å². The van der Waals surface area contributed by atoms with Gasteiger partial charge in [0.25, 0.3) is 0 Å². The van der Waals surface area contributed by atoms with E-state index in [2.05, 4.69) is 27.1 Å². The smallest absolute Gasteiger partial charge is 0.294 e. The van der Waals surface area contributed by atoms with E-state index in [0.717, 1.165) is 23.9 Å². The third kappa shape index (κ3) is 5.21. The minimum absolute atomic E-state index is 0.116. The van der Waals surface area contributed by atoms with Crippen LogP contribution in [0.4, 0.5) is 26.3 Å². The van der Waals surface area contributed by atoms with Crippen LogP contribution in [0.15, 0.2) is 52.4 Å². The first kappa shape index (κ1) is 21.9. The van der Waals surface area contributed by atoms with Gasteiger partial charge < -0.3 is 0 Å². The second-order valence-corrected chi connectivity index (χ2v) is 7.30. The van der Waals surface area contributed by atoms with Crippen LogP contribution in [0.1, 0.15) is 22.4 Å². The number of H-pyrrole nitrogens is 1. The second kappa shape index (κ2) is 8.50. The molecular weight excluding hydrogens is 430 g/mol. The zero-order valence-corrected chi connectivity index (χ0v) is 16.0. The van der Waals surface area contributed by atoms with Crippen LogP contribution in [-0.4, -0.2) is 22.1 Å². The summed E-state index contributed by atoms with van der Waals surface area (Å²) in [4.78, 5) is 3.65. The first-order chi connectivity index (χ1) is 14.1. The Bertz CT molecular complexity index is 1010. The van der Waals surface area contributed by atoms with Crippen molar-refractivity contribution in [2.24, 2.45) is 4.99 Å². The Labute approximate surface area is 171 Å². The predicted molar refractivity (Wildman–Crippen MR) is 101 cm³/mol. The number of hydrogen-bond acceptors (Lipinski definition) is 4. The Balaban J connectivity index is 1.85. The number of hydrogen-bond donors (Lipinski definition) is 1. The van der Waals surface area contributed by atoms with Crippen molar-refractivity contribution in [2.75, 3.05) is 0 Å². The van der Waals surface area contributed by atoms with Gasteiger partial charge >= 0.3 is 12.4 Å². The average Bonchev–Trinajstić information content (AvgIpc) is 3.14. The molecule has 0 bridgehead atoms. The lowest BCUT2D eigenvalue weighted by molar-refractivity contribution is -0.143. The van der Waals surface area contributed by atoms with Crippen molar-refractivity contribution >= 4 is 18.5 Å². The maximum absolute atomic E-state index is 13.0. The lowest BCUT2D eigenvalue weighted by atomic mass is 10.1. The predicted octanol–water partition coefficient (Wildman–Crippen LogP) is 6.00. The van der Waals surface area contributed by atoms with E-state index in [4.69, 9.17) is 0 Å². The minimum atomic E-state index is -4.88. The monoisotopic (exact) mass is 444 g/mol. The van der Waals surface area contributed by atoms with E-state index >= 15 is 0 Å². The first-order valence-electron chi connectivity index (χ1n) is 8.42. The van der Waals surface area contributed by atoms with E-state index in [0.29, 0.717) is 22.5 Å². The van der Waals surface area contributed by atoms with Gasteiger partial charge in [0, 0.05) is 16.2 Å². The molecule has 1 aromatic heterocycles. The van der Waals surface area contributed by atoms with Gasteiger partial charge in [0.2, 0.25) is 0 Å². The molecule has 0 spiro atoms. The summed E-state index contributed by atoms with van der Waals surface area (Å²) in [6.45, 7) is 3.68. The van der Waals surface area contributed by atoms with Gasteiger partial charge in [-0.3, -0.25) is 10.1 Å². The van der Waals surface area contributed by atoms with Crippen molar-refractivity contribution in [1.82, 2.24) is 15.4 Å². The zero-order valence-electron chi connectivity index (χ0n) is 15.2. The van der Waals surface area contributed by atoms with Gasteiger partial charge in [-0.1, -0.05) is 23.4 Å². The molecule has 3 aromatic rings. The fraction of sp³-hybridized carbons (Fsp3) is 0.211. The number of aromatic nitrogens is 3. The molecule has 158 valence electrons. The molecular formula is C19H14F6N4S. The standard InChI is InChI=1S/C19H14F6N4S/c1-26-9-16-17(28-29-27-16)12-4-2-3-11(5-12)10-30-15-7-13(18(20,21)22)6-14(8-15)19(23,24)25/h2-8H,1,9-10H2,(H,27,28,29). The van der Waals surface area contributed by atoms with E-state index in [9.17, 15) is 26.3 Å². The summed E-state index contributed by atoms with van der Waals surface area (Å²) >= 11 is 0.882. The summed E-state index contributed by atoms with van der Waals surface area (Å²) in [5, 5.41) is 10.4. The van der Waals surface area contributed by atoms with Gasteiger partial charge in [-0.25, -0.2) is 0 Å². The van der Waals surface area contributed by atoms with E-state index in [1.165, 1.54) is 0 Å². The maximum atomic E-state index is 13.0. The van der Waals surface area contributed by atoms with Gasteiger partial charge in [-0.2, -0.15) is 26.3 Å². The van der Waals surface area contributed by atoms with Crippen LogP contribution in [0.3, 0.4) is 0 Å². The molecule has 2 aromatic carbocycles. The Hall–Kier alpha value is -2.82. The Morgan fingerprint density at radius 2 is 1.63 bits per heavy atom. The van der Waals surface area contributed by atoms with Crippen LogP contribution >= 0.6 is 11.8 Å². The quantitative estimate of drug-likeness (QED) is 0.288. The number of aromatic amines is 1. The van der Waals surface area contributed by atoms with Crippen molar-refractivity contribution in [1.29, 1.82) is 0 Å². The number of nitrogens with one attached hydrogen (secondary N) is 1. The number of thioether (sulfide) groups is 1. The molecule has 11 heteroatoms. The third-order valence-electron chi connectivity index (χ3n) is 4.06. The Morgan fingerprint density at radius 1 is 0.967 bits per heavy atom. The van der Waals surface area contributed by atoms with Crippen LogP contribution in [-0.2, 0) is 24.7 Å². The van der Waals surface area contributed by atoms with Gasteiger partial charge in [0.15, 0.2) is 0 Å². The molecule has 0 atom stereocenters. The number of benzene rings is 2. The summed E-state index contributed by atoms with van der Waals surface area (Å²) in [7, 11) is 0. The van der Waals surface area contributed by atoms with Crippen LogP contribution in [0.2, 0.25) is 0 Å². The van der Waals surface area contributed by atoms with Crippen molar-refractivity contribution < 1.29 is 26.3 Å². The van der Waals surface area contributed by atoms with Gasteiger partial charge in [0.05, 0.1) is 23.4 Å². The van der Waals surface area contributed by atoms with E-state index in [1.807, 2.05) is 0 Å². The summed E-state index contributed by atoms with van der Waals surface area (Å²) in [5.74, 6) is 0.166.